The summed E-state index contributed by atoms with van der Waals surface area (Å²) in [5, 5.41) is 14.7. The van der Waals surface area contributed by atoms with Crippen molar-refractivity contribution in [2.24, 2.45) is 0 Å². The van der Waals surface area contributed by atoms with Gasteiger partial charge in [0, 0.05) is 11.3 Å². The highest BCUT2D eigenvalue weighted by Gasteiger charge is 2.21. The van der Waals surface area contributed by atoms with E-state index in [0.29, 0.717) is 27.7 Å². The van der Waals surface area contributed by atoms with Gasteiger partial charge < -0.3 is 9.84 Å². The van der Waals surface area contributed by atoms with Crippen molar-refractivity contribution in [1.82, 2.24) is 14.2 Å². The van der Waals surface area contributed by atoms with Crippen molar-refractivity contribution in [3.63, 3.8) is 0 Å². The summed E-state index contributed by atoms with van der Waals surface area (Å²) in [7, 11) is 1.57. The molecule has 28 heavy (non-hydrogen) atoms. The van der Waals surface area contributed by atoms with E-state index < -0.39 is 0 Å². The van der Waals surface area contributed by atoms with Crippen molar-refractivity contribution in [3.8, 4) is 17.1 Å². The third-order valence-electron chi connectivity index (χ3n) is 5.08. The van der Waals surface area contributed by atoms with E-state index in [1.165, 1.54) is 4.57 Å². The minimum absolute atomic E-state index is 0.145. The quantitative estimate of drug-likeness (QED) is 0.646. The van der Waals surface area contributed by atoms with Crippen molar-refractivity contribution < 1.29 is 9.84 Å². The zero-order valence-electron chi connectivity index (χ0n) is 16.7. The molecule has 2 heterocycles. The van der Waals surface area contributed by atoms with Crippen LogP contribution in [0.15, 0.2) is 29.1 Å². The summed E-state index contributed by atoms with van der Waals surface area (Å²) in [6, 6.07) is 7.28. The van der Waals surface area contributed by atoms with Crippen molar-refractivity contribution in [2.75, 3.05) is 13.7 Å². The fourth-order valence-electron chi connectivity index (χ4n) is 3.64. The van der Waals surface area contributed by atoms with Gasteiger partial charge in [-0.25, -0.2) is 4.52 Å². The molecule has 1 atom stereocenters. The molecule has 0 fully saturated rings. The predicted molar refractivity (Wildman–Crippen MR) is 112 cm³/mol. The molecule has 3 aromatic rings. The molecule has 1 N–H and O–H groups in total. The average Bonchev–Trinajstić information content (AvgIpc) is 3.01. The van der Waals surface area contributed by atoms with E-state index >= 15 is 0 Å². The normalized spacial score (nSPS) is 12.5. The minimum atomic E-state index is -0.169. The fourth-order valence-corrected chi connectivity index (χ4v) is 3.90. The number of nitrogens with zero attached hydrogens (tertiary/aromatic N) is 3. The molecule has 0 aliphatic carbocycles. The second-order valence-corrected chi connectivity index (χ2v) is 7.45. The predicted octanol–water partition coefficient (Wildman–Crippen LogP) is 4.03. The highest BCUT2D eigenvalue weighted by atomic mass is 35.5. The summed E-state index contributed by atoms with van der Waals surface area (Å²) in [5.41, 5.74) is 2.91. The Labute approximate surface area is 169 Å². The summed E-state index contributed by atoms with van der Waals surface area (Å²) in [4.78, 5) is 13.4. The standard InChI is InChI=1S/C21H26ClN3O3/c1-5-6-13(2)17-11-14(3)25-19(17)21(27)24(9-10-26)20(23-25)16-8-7-15(28-4)12-18(16)22/h7-8,11-13,26H,5-6,9-10H2,1-4H3/t13-/m1/s1. The molecule has 0 aliphatic heterocycles. The summed E-state index contributed by atoms with van der Waals surface area (Å²) < 4.78 is 8.42. The highest BCUT2D eigenvalue weighted by molar-refractivity contribution is 6.33. The maximum atomic E-state index is 13.4. The number of hydrogen-bond donors (Lipinski definition) is 1. The number of fused-ring (bicyclic) bond motifs is 1. The molecule has 0 radical (unpaired) electrons. The number of aliphatic hydroxyl groups is 1. The van der Waals surface area contributed by atoms with Crippen LogP contribution in [-0.2, 0) is 6.54 Å². The van der Waals surface area contributed by atoms with Crippen LogP contribution in [0.2, 0.25) is 5.02 Å². The van der Waals surface area contributed by atoms with Crippen LogP contribution in [-0.4, -0.2) is 33.0 Å². The lowest BCUT2D eigenvalue weighted by Gasteiger charge is -2.15. The first-order valence-corrected chi connectivity index (χ1v) is 9.88. The van der Waals surface area contributed by atoms with Gasteiger partial charge in [-0.1, -0.05) is 31.9 Å². The second kappa shape index (κ2) is 8.37. The van der Waals surface area contributed by atoms with E-state index in [-0.39, 0.29) is 24.6 Å². The molecular formula is C21H26ClN3O3. The van der Waals surface area contributed by atoms with Gasteiger partial charge in [0.05, 0.1) is 25.3 Å². The summed E-state index contributed by atoms with van der Waals surface area (Å²) in [5.74, 6) is 1.30. The molecule has 0 saturated heterocycles. The molecule has 1 aromatic carbocycles. The first-order valence-electron chi connectivity index (χ1n) is 9.50. The van der Waals surface area contributed by atoms with Gasteiger partial charge in [-0.05, 0) is 49.1 Å². The Morgan fingerprint density at radius 2 is 2.07 bits per heavy atom. The largest absolute Gasteiger partial charge is 0.497 e. The van der Waals surface area contributed by atoms with Gasteiger partial charge in [0.15, 0.2) is 5.82 Å². The van der Waals surface area contributed by atoms with Crippen LogP contribution >= 0.6 is 11.6 Å². The molecule has 0 unspecified atom stereocenters. The molecular weight excluding hydrogens is 378 g/mol. The first kappa shape index (κ1) is 20.4. The molecule has 7 heteroatoms. The molecule has 0 saturated carbocycles. The van der Waals surface area contributed by atoms with E-state index in [1.54, 1.807) is 29.8 Å². The van der Waals surface area contributed by atoms with Gasteiger partial charge in [0.25, 0.3) is 5.56 Å². The fraction of sp³-hybridized carbons (Fsp3) is 0.429. The number of aryl methyl sites for hydroxylation is 1. The molecule has 0 amide bonds. The van der Waals surface area contributed by atoms with Gasteiger partial charge in [0.1, 0.15) is 11.3 Å². The number of ether oxygens (including phenoxy) is 1. The van der Waals surface area contributed by atoms with Crippen LogP contribution in [0.25, 0.3) is 16.9 Å². The Morgan fingerprint density at radius 3 is 2.68 bits per heavy atom. The number of aromatic nitrogens is 3. The smallest absolute Gasteiger partial charge is 0.278 e. The first-order chi connectivity index (χ1) is 13.4. The maximum Gasteiger partial charge on any atom is 0.278 e. The van der Waals surface area contributed by atoms with Gasteiger partial charge in [-0.2, -0.15) is 0 Å². The molecule has 2 aromatic heterocycles. The monoisotopic (exact) mass is 403 g/mol. The summed E-state index contributed by atoms with van der Waals surface area (Å²) in [6.07, 6.45) is 2.03. The van der Waals surface area contributed by atoms with Crippen molar-refractivity contribution in [1.29, 1.82) is 0 Å². The lowest BCUT2D eigenvalue weighted by molar-refractivity contribution is 0.274. The average molecular weight is 404 g/mol. The topological polar surface area (TPSA) is 68.8 Å². The highest BCUT2D eigenvalue weighted by Crippen LogP contribution is 2.31. The Balaban J connectivity index is 2.32. The molecule has 6 nitrogen and oxygen atoms in total. The minimum Gasteiger partial charge on any atom is -0.497 e. The van der Waals surface area contributed by atoms with Crippen molar-refractivity contribution in [3.05, 3.63) is 50.9 Å². The van der Waals surface area contributed by atoms with Crippen LogP contribution in [0, 0.1) is 6.92 Å². The van der Waals surface area contributed by atoms with Gasteiger partial charge in [0.2, 0.25) is 0 Å². The Hall–Kier alpha value is -2.31. The van der Waals surface area contributed by atoms with Gasteiger partial charge in [-0.15, -0.1) is 5.10 Å². The number of benzene rings is 1. The van der Waals surface area contributed by atoms with Crippen LogP contribution in [0.4, 0.5) is 0 Å². The molecule has 0 aliphatic rings. The van der Waals surface area contributed by atoms with E-state index in [1.807, 2.05) is 13.0 Å². The van der Waals surface area contributed by atoms with Crippen LogP contribution in [0.1, 0.15) is 43.9 Å². The zero-order valence-corrected chi connectivity index (χ0v) is 17.5. The van der Waals surface area contributed by atoms with E-state index in [2.05, 4.69) is 13.8 Å². The van der Waals surface area contributed by atoms with Gasteiger partial charge >= 0.3 is 0 Å². The van der Waals surface area contributed by atoms with E-state index in [9.17, 15) is 9.90 Å². The zero-order chi connectivity index (χ0) is 20.4. The Bertz CT molecular complexity index is 1060. The number of aliphatic hydroxyl groups excluding tert-OH is 1. The Kier molecular flexibility index (Phi) is 6.10. The third-order valence-corrected chi connectivity index (χ3v) is 5.39. The molecule has 0 spiro atoms. The maximum absolute atomic E-state index is 13.4. The number of hydrogen-bond acceptors (Lipinski definition) is 4. The number of rotatable bonds is 7. The van der Waals surface area contributed by atoms with Crippen molar-refractivity contribution in [2.45, 2.75) is 46.1 Å². The number of halogens is 1. The van der Waals surface area contributed by atoms with Crippen molar-refractivity contribution >= 4 is 17.1 Å². The van der Waals surface area contributed by atoms with Gasteiger partial charge in [-0.3, -0.25) is 9.36 Å². The lowest BCUT2D eigenvalue weighted by atomic mass is 9.97. The second-order valence-electron chi connectivity index (χ2n) is 7.04. The van der Waals surface area contributed by atoms with Crippen LogP contribution in [0.5, 0.6) is 5.75 Å². The summed E-state index contributed by atoms with van der Waals surface area (Å²) >= 11 is 6.45. The molecule has 150 valence electrons. The lowest BCUT2D eigenvalue weighted by Crippen LogP contribution is -2.28. The SMILES string of the molecule is CCC[C@@H](C)c1cc(C)n2nc(-c3ccc(OC)cc3Cl)n(CCO)c(=O)c12. The molecule has 0 bridgehead atoms. The van der Waals surface area contributed by atoms with E-state index in [0.717, 1.165) is 24.1 Å². The molecule has 3 rings (SSSR count). The van der Waals surface area contributed by atoms with Crippen LogP contribution < -0.4 is 10.3 Å². The summed E-state index contributed by atoms with van der Waals surface area (Å²) in [6.45, 7) is 6.18. The number of methoxy groups -OCH3 is 1. The van der Waals surface area contributed by atoms with Crippen LogP contribution in [0.3, 0.4) is 0 Å². The third kappa shape index (κ3) is 3.54. The van der Waals surface area contributed by atoms with E-state index in [4.69, 9.17) is 21.4 Å². The Morgan fingerprint density at radius 1 is 1.32 bits per heavy atom.